The van der Waals surface area contributed by atoms with Crippen molar-refractivity contribution in [2.75, 3.05) is 6.61 Å². The first-order chi connectivity index (χ1) is 9.76. The van der Waals surface area contributed by atoms with Gasteiger partial charge in [0.15, 0.2) is 0 Å². The van der Waals surface area contributed by atoms with E-state index in [4.69, 9.17) is 10.6 Å². The molecule has 0 amide bonds. The fourth-order valence-electron chi connectivity index (χ4n) is 2.06. The third-order valence-electron chi connectivity index (χ3n) is 2.96. The molecule has 3 N–H and O–H groups in total. The second kappa shape index (κ2) is 6.93. The number of hydrogen-bond donors (Lipinski definition) is 2. The van der Waals surface area contributed by atoms with Gasteiger partial charge in [-0.1, -0.05) is 18.6 Å². The lowest BCUT2D eigenvalue weighted by molar-refractivity contribution is -0.151. The van der Waals surface area contributed by atoms with Crippen LogP contribution in [0, 0.1) is 0 Å². The zero-order valence-electron chi connectivity index (χ0n) is 11.5. The smallest absolute Gasteiger partial charge is 0.328 e. The highest BCUT2D eigenvalue weighted by molar-refractivity contribution is 5.86. The topological polar surface area (TPSA) is 78.5 Å². The summed E-state index contributed by atoms with van der Waals surface area (Å²) in [5, 5.41) is 1.05. The summed E-state index contributed by atoms with van der Waals surface area (Å²) >= 11 is 0. The fourth-order valence-corrected chi connectivity index (χ4v) is 2.06. The second-order valence-electron chi connectivity index (χ2n) is 4.39. The molecule has 1 aromatic heterocycles. The molecule has 0 bridgehead atoms. The van der Waals surface area contributed by atoms with Gasteiger partial charge in [0, 0.05) is 18.1 Å². The fraction of sp³-hybridized carbons (Fsp3) is 0.357. The Bertz CT molecular complexity index is 580. The molecule has 6 heteroatoms. The average Bonchev–Trinajstić information content (AvgIpc) is 2.87. The maximum Gasteiger partial charge on any atom is 0.328 e. The number of ether oxygens (including phenoxy) is 1. The molecule has 6 nitrogen and oxygen atoms in total. The molecule has 2 rings (SSSR count). The molecule has 0 saturated heterocycles. The Morgan fingerprint density at radius 2 is 2.25 bits per heavy atom. The van der Waals surface area contributed by atoms with Crippen molar-refractivity contribution in [1.29, 1.82) is 0 Å². The van der Waals surface area contributed by atoms with E-state index < -0.39 is 5.97 Å². The molecule has 0 aliphatic heterocycles. The third kappa shape index (κ3) is 3.28. The van der Waals surface area contributed by atoms with Crippen LogP contribution < -0.4 is 16.2 Å². The van der Waals surface area contributed by atoms with Crippen molar-refractivity contribution in [1.82, 2.24) is 10.2 Å². The lowest BCUT2D eigenvalue weighted by atomic mass is 10.2. The number of nitrogens with two attached hydrogens (primary N) is 1. The Hall–Kier alpha value is -2.05. The van der Waals surface area contributed by atoms with Gasteiger partial charge >= 0.3 is 5.97 Å². The molecule has 0 fully saturated rings. The van der Waals surface area contributed by atoms with E-state index >= 15 is 0 Å². The van der Waals surface area contributed by atoms with Gasteiger partial charge in [-0.3, -0.25) is 4.79 Å². The molecule has 1 aromatic carbocycles. The molecule has 20 heavy (non-hydrogen) atoms. The van der Waals surface area contributed by atoms with Crippen LogP contribution in [-0.2, 0) is 16.2 Å². The SMILES string of the molecule is CCCOc1cccc2c1ccn2CCC(=O)ONN. The average molecular weight is 277 g/mol. The summed E-state index contributed by atoms with van der Waals surface area (Å²) < 4.78 is 7.71. The summed E-state index contributed by atoms with van der Waals surface area (Å²) in [6.07, 6.45) is 3.15. The number of nitrogens with one attached hydrogen (secondary N) is 1. The quantitative estimate of drug-likeness (QED) is 0.595. The Morgan fingerprint density at radius 1 is 1.40 bits per heavy atom. The third-order valence-corrected chi connectivity index (χ3v) is 2.96. The molecule has 1 heterocycles. The van der Waals surface area contributed by atoms with Crippen molar-refractivity contribution < 1.29 is 14.4 Å². The lowest BCUT2D eigenvalue weighted by Gasteiger charge is -2.08. The van der Waals surface area contributed by atoms with Crippen molar-refractivity contribution in [3.8, 4) is 5.75 Å². The number of aromatic nitrogens is 1. The molecule has 108 valence electrons. The van der Waals surface area contributed by atoms with Crippen LogP contribution in [0.4, 0.5) is 0 Å². The number of fused-ring (bicyclic) bond motifs is 1. The maximum absolute atomic E-state index is 11.3. The molecule has 2 aromatic rings. The van der Waals surface area contributed by atoms with E-state index in [2.05, 4.69) is 11.8 Å². The van der Waals surface area contributed by atoms with E-state index in [-0.39, 0.29) is 6.42 Å². The number of aryl methyl sites for hydroxylation is 1. The van der Waals surface area contributed by atoms with Crippen molar-refractivity contribution >= 4 is 16.9 Å². The Balaban J connectivity index is 2.13. The number of rotatable bonds is 7. The van der Waals surface area contributed by atoms with E-state index in [0.717, 1.165) is 23.1 Å². The summed E-state index contributed by atoms with van der Waals surface area (Å²) in [6.45, 7) is 3.29. The number of benzene rings is 1. The van der Waals surface area contributed by atoms with Gasteiger partial charge < -0.3 is 14.1 Å². The van der Waals surface area contributed by atoms with Crippen molar-refractivity contribution in [3.63, 3.8) is 0 Å². The van der Waals surface area contributed by atoms with Crippen molar-refractivity contribution in [2.45, 2.75) is 26.3 Å². The molecule has 0 radical (unpaired) electrons. The van der Waals surface area contributed by atoms with Gasteiger partial charge in [0.05, 0.1) is 18.5 Å². The van der Waals surface area contributed by atoms with Crippen LogP contribution in [0.3, 0.4) is 0 Å². The molecule has 0 saturated carbocycles. The number of carbonyl (C=O) groups excluding carboxylic acids is 1. The summed E-state index contributed by atoms with van der Waals surface area (Å²) in [5.41, 5.74) is 2.92. The van der Waals surface area contributed by atoms with E-state index in [1.807, 2.05) is 40.6 Å². The van der Waals surface area contributed by atoms with Crippen molar-refractivity contribution in [3.05, 3.63) is 30.5 Å². The molecule has 0 aliphatic carbocycles. The van der Waals surface area contributed by atoms with Gasteiger partial charge in [-0.15, -0.1) is 0 Å². The summed E-state index contributed by atoms with van der Waals surface area (Å²) in [6, 6.07) is 7.89. The van der Waals surface area contributed by atoms with Crippen molar-refractivity contribution in [2.24, 2.45) is 5.84 Å². The van der Waals surface area contributed by atoms with Gasteiger partial charge in [-0.05, 0) is 24.6 Å². The highest BCUT2D eigenvalue weighted by Crippen LogP contribution is 2.26. The second-order valence-corrected chi connectivity index (χ2v) is 4.39. The van der Waals surface area contributed by atoms with Gasteiger partial charge in [-0.25, -0.2) is 5.84 Å². The summed E-state index contributed by atoms with van der Waals surface area (Å²) in [7, 11) is 0. The highest BCUT2D eigenvalue weighted by Gasteiger charge is 2.08. The maximum atomic E-state index is 11.3. The van der Waals surface area contributed by atoms with Crippen LogP contribution in [0.25, 0.3) is 10.9 Å². The van der Waals surface area contributed by atoms with E-state index in [0.29, 0.717) is 13.2 Å². The highest BCUT2D eigenvalue weighted by atomic mass is 16.7. The Labute approximate surface area is 117 Å². The zero-order valence-corrected chi connectivity index (χ0v) is 11.5. The van der Waals surface area contributed by atoms with Crippen LogP contribution in [0.5, 0.6) is 5.75 Å². The van der Waals surface area contributed by atoms with Crippen LogP contribution in [-0.4, -0.2) is 17.1 Å². The predicted molar refractivity (Wildman–Crippen MR) is 75.8 cm³/mol. The van der Waals surface area contributed by atoms with E-state index in [1.54, 1.807) is 0 Å². The molecular weight excluding hydrogens is 258 g/mol. The standard InChI is InChI=1S/C14H19N3O3/c1-2-10-19-13-5-3-4-12-11(13)6-8-17(12)9-7-14(18)20-16-15/h3-6,8,16H,2,7,9-10,15H2,1H3. The minimum absolute atomic E-state index is 0.244. The monoisotopic (exact) mass is 277 g/mol. The van der Waals surface area contributed by atoms with Crippen LogP contribution >= 0.6 is 0 Å². The number of hydrogen-bond acceptors (Lipinski definition) is 5. The van der Waals surface area contributed by atoms with Gasteiger partial charge in [-0.2, -0.15) is 0 Å². The Morgan fingerprint density at radius 3 is 3.00 bits per heavy atom. The normalized spacial score (nSPS) is 10.7. The summed E-state index contributed by atoms with van der Waals surface area (Å²) in [4.78, 5) is 15.8. The largest absolute Gasteiger partial charge is 0.493 e. The predicted octanol–water partition coefficient (Wildman–Crippen LogP) is 1.74. The van der Waals surface area contributed by atoms with E-state index in [9.17, 15) is 4.79 Å². The molecule has 0 spiro atoms. The number of hydrazine groups is 1. The minimum Gasteiger partial charge on any atom is -0.493 e. The van der Waals surface area contributed by atoms with Gasteiger partial charge in [0.25, 0.3) is 0 Å². The molecular formula is C14H19N3O3. The first-order valence-corrected chi connectivity index (χ1v) is 6.62. The molecule has 0 aliphatic rings. The van der Waals surface area contributed by atoms with Crippen LogP contribution in [0.2, 0.25) is 0 Å². The van der Waals surface area contributed by atoms with Gasteiger partial charge in [0.1, 0.15) is 5.75 Å². The first-order valence-electron chi connectivity index (χ1n) is 6.62. The Kier molecular flexibility index (Phi) is 4.97. The molecule has 0 atom stereocenters. The van der Waals surface area contributed by atoms with E-state index in [1.165, 1.54) is 0 Å². The first kappa shape index (κ1) is 14.4. The molecule has 0 unspecified atom stereocenters. The van der Waals surface area contributed by atoms with Crippen LogP contribution in [0.15, 0.2) is 30.5 Å². The van der Waals surface area contributed by atoms with Crippen LogP contribution in [0.1, 0.15) is 19.8 Å². The summed E-state index contributed by atoms with van der Waals surface area (Å²) in [5.74, 6) is 5.39. The number of nitrogens with zero attached hydrogens (tertiary/aromatic N) is 1. The zero-order chi connectivity index (χ0) is 14.4. The van der Waals surface area contributed by atoms with Gasteiger partial charge in [0.2, 0.25) is 0 Å². The number of carbonyl (C=O) groups is 1. The lowest BCUT2D eigenvalue weighted by Crippen LogP contribution is -2.26. The minimum atomic E-state index is -0.396.